The smallest absolute Gasteiger partial charge is 0.293 e. The number of carbonyl (C=O) groups is 2. The van der Waals surface area contributed by atoms with Gasteiger partial charge < -0.3 is 4.90 Å². The highest BCUT2D eigenvalue weighted by molar-refractivity contribution is 8.18. The van der Waals surface area contributed by atoms with Crippen LogP contribution in [-0.2, 0) is 11.3 Å². The number of allylic oxidation sites excluding steroid dienone is 1. The summed E-state index contributed by atoms with van der Waals surface area (Å²) in [5, 5.41) is -0.219. The molecular weight excluding hydrogens is 392 g/mol. The fourth-order valence-corrected chi connectivity index (χ4v) is 5.16. The Morgan fingerprint density at radius 3 is 2.50 bits per heavy atom. The van der Waals surface area contributed by atoms with E-state index in [0.29, 0.717) is 11.4 Å². The third kappa shape index (κ3) is 3.70. The van der Waals surface area contributed by atoms with Crippen molar-refractivity contribution < 1.29 is 9.59 Å². The average molecular weight is 419 g/mol. The molecule has 2 aliphatic heterocycles. The number of fused-ring (bicyclic) bond motifs is 1. The van der Waals surface area contributed by atoms with Crippen LogP contribution < -0.4 is 4.90 Å². The van der Waals surface area contributed by atoms with Crippen molar-refractivity contribution in [3.05, 3.63) is 76.2 Å². The van der Waals surface area contributed by atoms with Crippen molar-refractivity contribution in [2.45, 2.75) is 39.8 Å². The molecular formula is C25H26N2O2S. The number of carbonyl (C=O) groups excluding carboxylic acids is 2. The van der Waals surface area contributed by atoms with Crippen molar-refractivity contribution in [3.63, 3.8) is 0 Å². The first kappa shape index (κ1) is 20.5. The summed E-state index contributed by atoms with van der Waals surface area (Å²) < 4.78 is 0. The number of rotatable bonds is 4. The molecule has 2 heterocycles. The summed E-state index contributed by atoms with van der Waals surface area (Å²) in [7, 11) is 0. The zero-order valence-electron chi connectivity index (χ0n) is 17.8. The van der Waals surface area contributed by atoms with Gasteiger partial charge in [0, 0.05) is 17.8 Å². The minimum absolute atomic E-state index is 0.0343. The van der Waals surface area contributed by atoms with Gasteiger partial charge in [0.05, 0.1) is 17.0 Å². The van der Waals surface area contributed by atoms with Gasteiger partial charge in [-0.3, -0.25) is 14.5 Å². The van der Waals surface area contributed by atoms with Crippen molar-refractivity contribution in [2.24, 2.45) is 0 Å². The molecule has 2 aromatic carbocycles. The fourth-order valence-electron chi connectivity index (χ4n) is 4.32. The van der Waals surface area contributed by atoms with E-state index in [2.05, 4.69) is 50.8 Å². The summed E-state index contributed by atoms with van der Waals surface area (Å²) >= 11 is 1.01. The molecule has 0 atom stereocenters. The van der Waals surface area contributed by atoms with Crippen LogP contribution in [0.2, 0.25) is 0 Å². The molecule has 2 aliphatic rings. The van der Waals surface area contributed by atoms with Crippen LogP contribution in [0.4, 0.5) is 10.5 Å². The fraction of sp³-hybridized carbons (Fsp3) is 0.280. The molecule has 0 N–H and O–H groups in total. The van der Waals surface area contributed by atoms with Crippen molar-refractivity contribution in [3.8, 4) is 0 Å². The number of benzene rings is 2. The molecule has 0 spiro atoms. The van der Waals surface area contributed by atoms with Crippen molar-refractivity contribution >= 4 is 40.2 Å². The zero-order chi connectivity index (χ0) is 21.5. The van der Waals surface area contributed by atoms with E-state index >= 15 is 0 Å². The number of hydrogen-bond donors (Lipinski definition) is 0. The summed E-state index contributed by atoms with van der Waals surface area (Å²) in [6, 6.07) is 15.9. The van der Waals surface area contributed by atoms with E-state index in [4.69, 9.17) is 0 Å². The second-order valence-corrected chi connectivity index (χ2v) is 9.25. The highest BCUT2D eigenvalue weighted by Gasteiger charge is 2.35. The lowest BCUT2D eigenvalue weighted by atomic mass is 9.88. The molecule has 0 unspecified atom stereocenters. The van der Waals surface area contributed by atoms with Gasteiger partial charge in [0.25, 0.3) is 11.1 Å². The summed E-state index contributed by atoms with van der Waals surface area (Å²) in [5.74, 6) is -0.227. The lowest BCUT2D eigenvalue weighted by Gasteiger charge is -2.42. The van der Waals surface area contributed by atoms with E-state index in [9.17, 15) is 9.59 Å². The molecule has 30 heavy (non-hydrogen) atoms. The second-order valence-electron chi connectivity index (χ2n) is 8.26. The van der Waals surface area contributed by atoms with Crippen molar-refractivity contribution in [1.82, 2.24) is 4.90 Å². The normalized spacial score (nSPS) is 19.3. The molecule has 2 amide bonds. The molecule has 0 radical (unpaired) electrons. The van der Waals surface area contributed by atoms with Crippen molar-refractivity contribution in [2.75, 3.05) is 11.4 Å². The number of thioether (sulfide) groups is 1. The van der Waals surface area contributed by atoms with Gasteiger partial charge in [-0.2, -0.15) is 0 Å². The van der Waals surface area contributed by atoms with Crippen LogP contribution in [-0.4, -0.2) is 28.1 Å². The summed E-state index contributed by atoms with van der Waals surface area (Å²) in [5.41, 5.74) is 5.45. The van der Waals surface area contributed by atoms with Gasteiger partial charge in [0.1, 0.15) is 0 Å². The Kier molecular flexibility index (Phi) is 5.33. The number of nitrogens with zero attached hydrogens (tertiary/aromatic N) is 2. The van der Waals surface area contributed by atoms with Gasteiger partial charge in [-0.05, 0) is 74.4 Å². The first-order valence-electron chi connectivity index (χ1n) is 10.2. The predicted molar refractivity (Wildman–Crippen MR) is 125 cm³/mol. The zero-order valence-corrected chi connectivity index (χ0v) is 18.6. The highest BCUT2D eigenvalue weighted by atomic mass is 32.2. The quantitative estimate of drug-likeness (QED) is 0.576. The largest absolute Gasteiger partial charge is 0.363 e. The molecule has 1 fully saturated rings. The maximum atomic E-state index is 12.9. The average Bonchev–Trinajstić information content (AvgIpc) is 2.96. The Morgan fingerprint density at radius 1 is 1.07 bits per heavy atom. The van der Waals surface area contributed by atoms with Gasteiger partial charge in [0.2, 0.25) is 0 Å². The number of imide groups is 1. The number of amides is 2. The van der Waals surface area contributed by atoms with E-state index in [1.165, 1.54) is 21.7 Å². The lowest BCUT2D eigenvalue weighted by Crippen LogP contribution is -2.44. The minimum atomic E-state index is -0.227. The first-order chi connectivity index (χ1) is 14.3. The topological polar surface area (TPSA) is 40.6 Å². The molecule has 2 aromatic rings. The predicted octanol–water partition coefficient (Wildman–Crippen LogP) is 5.94. The molecule has 4 rings (SSSR count). The summed E-state index contributed by atoms with van der Waals surface area (Å²) in [6.45, 7) is 9.96. The second kappa shape index (κ2) is 7.80. The van der Waals surface area contributed by atoms with Gasteiger partial charge in [-0.15, -0.1) is 0 Å². The molecule has 0 aliphatic carbocycles. The van der Waals surface area contributed by atoms with E-state index < -0.39 is 0 Å². The molecule has 154 valence electrons. The van der Waals surface area contributed by atoms with Crippen LogP contribution in [0.3, 0.4) is 0 Å². The maximum absolute atomic E-state index is 12.9. The van der Waals surface area contributed by atoms with Crippen LogP contribution in [0.5, 0.6) is 0 Å². The monoisotopic (exact) mass is 418 g/mol. The third-order valence-electron chi connectivity index (χ3n) is 5.67. The Labute approximate surface area is 182 Å². The Morgan fingerprint density at radius 2 is 1.80 bits per heavy atom. The summed E-state index contributed by atoms with van der Waals surface area (Å²) in [4.78, 5) is 29.5. The van der Waals surface area contributed by atoms with Crippen LogP contribution in [0, 0.1) is 0 Å². The molecule has 0 bridgehead atoms. The van der Waals surface area contributed by atoms with E-state index in [0.717, 1.165) is 29.4 Å². The summed E-state index contributed by atoms with van der Waals surface area (Å²) in [6.07, 6.45) is 4.12. The first-order valence-corrected chi connectivity index (χ1v) is 11.0. The van der Waals surface area contributed by atoms with Crippen LogP contribution >= 0.6 is 11.8 Å². The standard InChI is InChI=1S/C25H26N2O2S/c1-5-27-21-12-11-19(13-20(21)17(2)15-25(27,3)4)14-22-23(28)26(24(29)30-22)16-18-9-7-6-8-10-18/h6-15H,5,16H2,1-4H3/b22-14-. The lowest BCUT2D eigenvalue weighted by molar-refractivity contribution is -0.123. The molecule has 4 nitrogen and oxygen atoms in total. The number of hydrogen-bond acceptors (Lipinski definition) is 4. The van der Waals surface area contributed by atoms with Gasteiger partial charge in [0.15, 0.2) is 0 Å². The Balaban J connectivity index is 1.62. The Bertz CT molecular complexity index is 1070. The van der Waals surface area contributed by atoms with E-state index in [-0.39, 0.29) is 16.7 Å². The van der Waals surface area contributed by atoms with Gasteiger partial charge in [-0.25, -0.2) is 0 Å². The van der Waals surface area contributed by atoms with E-state index in [1.54, 1.807) is 0 Å². The maximum Gasteiger partial charge on any atom is 0.293 e. The number of anilines is 1. The van der Waals surface area contributed by atoms with Crippen molar-refractivity contribution in [1.29, 1.82) is 0 Å². The SMILES string of the molecule is CCN1c2ccc(/C=C3\SC(=O)N(Cc4ccccc4)C3=O)cc2C(C)=CC1(C)C. The van der Waals surface area contributed by atoms with Crippen LogP contribution in [0.25, 0.3) is 11.6 Å². The molecule has 0 aromatic heterocycles. The van der Waals surface area contributed by atoms with Crippen LogP contribution in [0.15, 0.2) is 59.5 Å². The number of likely N-dealkylation sites (N-methyl/N-ethyl adjacent to an activating group) is 1. The minimum Gasteiger partial charge on any atom is -0.363 e. The van der Waals surface area contributed by atoms with E-state index in [1.807, 2.05) is 42.5 Å². The molecule has 1 saturated heterocycles. The third-order valence-corrected chi connectivity index (χ3v) is 6.58. The Hall–Kier alpha value is -2.79. The van der Waals surface area contributed by atoms with Crippen LogP contribution in [0.1, 0.15) is 44.4 Å². The highest BCUT2D eigenvalue weighted by Crippen LogP contribution is 2.40. The molecule has 0 saturated carbocycles. The van der Waals surface area contributed by atoms with Gasteiger partial charge in [-0.1, -0.05) is 42.5 Å². The van der Waals surface area contributed by atoms with Gasteiger partial charge >= 0.3 is 0 Å². The molecule has 5 heteroatoms.